The monoisotopic (exact) mass is 610 g/mol. The second-order valence-electron chi connectivity index (χ2n) is 9.57. The number of hydrazine groups is 2. The summed E-state index contributed by atoms with van der Waals surface area (Å²) >= 11 is 18.9. The lowest BCUT2D eigenvalue weighted by molar-refractivity contribution is -0.0635. The van der Waals surface area contributed by atoms with Crippen LogP contribution in [0.15, 0.2) is 60.6 Å². The number of aryl methyl sites for hydroxylation is 1. The highest BCUT2D eigenvalue weighted by atomic mass is 35.5. The van der Waals surface area contributed by atoms with Gasteiger partial charge in [-0.25, -0.2) is 9.37 Å². The predicted molar refractivity (Wildman–Crippen MR) is 157 cm³/mol. The minimum atomic E-state index is -0.544. The number of halogens is 4. The van der Waals surface area contributed by atoms with Crippen molar-refractivity contribution in [3.8, 4) is 6.07 Å². The summed E-state index contributed by atoms with van der Waals surface area (Å²) in [4.78, 5) is 8.88. The number of nitriles is 1. The van der Waals surface area contributed by atoms with Gasteiger partial charge in [-0.1, -0.05) is 40.9 Å². The molecule has 1 saturated heterocycles. The summed E-state index contributed by atoms with van der Waals surface area (Å²) in [5.41, 5.74) is 11.3. The number of hydrogen-bond donors (Lipinski definition) is 4. The van der Waals surface area contributed by atoms with E-state index in [0.29, 0.717) is 51.4 Å². The summed E-state index contributed by atoms with van der Waals surface area (Å²) in [5.74, 6) is -0.544. The van der Waals surface area contributed by atoms with E-state index in [1.54, 1.807) is 12.1 Å². The molecule has 0 unspecified atom stereocenters. The fraction of sp³-hybridized carbons (Fsp3) is 0.179. The lowest BCUT2D eigenvalue weighted by atomic mass is 10.0. The number of hydrogen-bond acceptors (Lipinski definition) is 9. The third kappa shape index (κ3) is 5.43. The Morgan fingerprint density at radius 1 is 1.12 bits per heavy atom. The van der Waals surface area contributed by atoms with Crippen LogP contribution in [0.2, 0.25) is 15.2 Å². The van der Waals surface area contributed by atoms with Gasteiger partial charge in [0.15, 0.2) is 0 Å². The van der Waals surface area contributed by atoms with Gasteiger partial charge in [-0.05, 0) is 43.3 Å². The van der Waals surface area contributed by atoms with E-state index < -0.39 is 5.82 Å². The van der Waals surface area contributed by atoms with Crippen molar-refractivity contribution < 1.29 is 9.13 Å². The van der Waals surface area contributed by atoms with Gasteiger partial charge in [-0.2, -0.15) is 5.26 Å². The molecule has 2 aromatic heterocycles. The lowest BCUT2D eigenvalue weighted by Gasteiger charge is -2.33. The highest BCUT2D eigenvalue weighted by Gasteiger charge is 2.31. The Morgan fingerprint density at radius 2 is 1.93 bits per heavy atom. The van der Waals surface area contributed by atoms with Crippen LogP contribution in [0.1, 0.15) is 22.9 Å². The Kier molecular flexibility index (Phi) is 7.46. The number of ether oxygens (including phenoxy) is 1. The van der Waals surface area contributed by atoms with Crippen molar-refractivity contribution in [2.75, 3.05) is 23.8 Å². The molecule has 1 atom stereocenters. The van der Waals surface area contributed by atoms with Crippen molar-refractivity contribution in [3.05, 3.63) is 98.4 Å². The van der Waals surface area contributed by atoms with Gasteiger partial charge in [0.2, 0.25) is 0 Å². The van der Waals surface area contributed by atoms with E-state index in [-0.39, 0.29) is 22.7 Å². The molecule has 0 spiro atoms. The van der Waals surface area contributed by atoms with E-state index >= 15 is 0 Å². The van der Waals surface area contributed by atoms with Crippen LogP contribution in [0, 0.1) is 24.1 Å². The molecule has 2 aromatic carbocycles. The Morgan fingerprint density at radius 3 is 2.63 bits per heavy atom. The van der Waals surface area contributed by atoms with Gasteiger partial charge in [-0.15, -0.1) is 5.53 Å². The van der Waals surface area contributed by atoms with E-state index in [9.17, 15) is 9.65 Å². The summed E-state index contributed by atoms with van der Waals surface area (Å²) in [7, 11) is 0. The molecule has 0 saturated carbocycles. The van der Waals surface area contributed by atoms with E-state index in [1.807, 2.05) is 30.3 Å². The molecule has 0 radical (unpaired) electrons. The number of rotatable bonds is 7. The third-order valence-corrected chi connectivity index (χ3v) is 7.67. The molecule has 6 rings (SSSR count). The van der Waals surface area contributed by atoms with Crippen molar-refractivity contribution in [2.45, 2.75) is 19.0 Å². The Balaban J connectivity index is 1.43. The van der Waals surface area contributed by atoms with Crippen LogP contribution in [0.4, 0.5) is 21.5 Å². The van der Waals surface area contributed by atoms with Crippen molar-refractivity contribution >= 4 is 62.8 Å². The van der Waals surface area contributed by atoms with Crippen molar-refractivity contribution in [1.82, 2.24) is 25.9 Å². The van der Waals surface area contributed by atoms with Crippen molar-refractivity contribution in [3.63, 3.8) is 0 Å². The van der Waals surface area contributed by atoms with Gasteiger partial charge < -0.3 is 20.8 Å². The van der Waals surface area contributed by atoms with Crippen LogP contribution in [0.5, 0.6) is 0 Å². The second kappa shape index (κ2) is 11.2. The number of nitrogens with zero attached hydrogens (tertiary/aromatic N) is 4. The van der Waals surface area contributed by atoms with Gasteiger partial charge in [0.25, 0.3) is 0 Å². The zero-order chi connectivity index (χ0) is 28.7. The summed E-state index contributed by atoms with van der Waals surface area (Å²) in [6.45, 7) is 3.14. The van der Waals surface area contributed by atoms with Gasteiger partial charge in [0, 0.05) is 40.4 Å². The second-order valence-corrected chi connectivity index (χ2v) is 10.8. The molecular weight excluding hydrogens is 590 g/mol. The molecule has 4 heterocycles. The standard InChI is InChI=1S/C28H22Cl3FN8O/c1-14-19(3-5-25(31)35-14)28(24-11-40(39-38-24)18-12-41-13-18)37-17-6-20-26(36-16-2-4-23(32)21(29)7-16)15(9-33)10-34-27(20)22(30)8-17/h2-8,10-11,18,28,37-39H,12-13H2,1H3,(H,34,36)/t28-/m0/s1. The van der Waals surface area contributed by atoms with Crippen molar-refractivity contribution in [2.24, 2.45) is 0 Å². The van der Waals surface area contributed by atoms with Crippen LogP contribution < -0.4 is 21.6 Å². The summed E-state index contributed by atoms with van der Waals surface area (Å²) < 4.78 is 19.1. The Labute approximate surface area is 249 Å². The van der Waals surface area contributed by atoms with E-state index in [2.05, 4.69) is 37.6 Å². The van der Waals surface area contributed by atoms with Crippen LogP contribution >= 0.6 is 34.8 Å². The average Bonchev–Trinajstić information content (AvgIpc) is 3.38. The van der Waals surface area contributed by atoms with Crippen molar-refractivity contribution in [1.29, 1.82) is 5.26 Å². The largest absolute Gasteiger partial charge is 0.377 e. The summed E-state index contributed by atoms with van der Waals surface area (Å²) in [6.07, 6.45) is 3.43. The maximum atomic E-state index is 13.8. The Bertz CT molecular complexity index is 1740. The number of fused-ring (bicyclic) bond motifs is 1. The molecule has 13 heteroatoms. The molecule has 2 aliphatic rings. The minimum Gasteiger partial charge on any atom is -0.377 e. The van der Waals surface area contributed by atoms with Crippen LogP contribution in [-0.2, 0) is 4.74 Å². The summed E-state index contributed by atoms with van der Waals surface area (Å²) in [5, 5.41) is 19.9. The lowest BCUT2D eigenvalue weighted by Crippen LogP contribution is -2.52. The number of anilines is 3. The first-order valence-corrected chi connectivity index (χ1v) is 13.7. The molecule has 4 N–H and O–H groups in total. The molecule has 208 valence electrons. The molecule has 0 aliphatic carbocycles. The molecule has 0 amide bonds. The topological polar surface area (TPSA) is 110 Å². The molecule has 0 bridgehead atoms. The zero-order valence-electron chi connectivity index (χ0n) is 21.5. The van der Waals surface area contributed by atoms with Gasteiger partial charge >= 0.3 is 0 Å². The summed E-state index contributed by atoms with van der Waals surface area (Å²) in [6, 6.07) is 13.5. The first-order chi connectivity index (χ1) is 19.8. The fourth-order valence-corrected chi connectivity index (χ4v) is 5.33. The maximum Gasteiger partial charge on any atom is 0.141 e. The normalized spacial score (nSPS) is 15.6. The quantitative estimate of drug-likeness (QED) is 0.177. The maximum absolute atomic E-state index is 13.8. The smallest absolute Gasteiger partial charge is 0.141 e. The highest BCUT2D eigenvalue weighted by Crippen LogP contribution is 2.38. The van der Waals surface area contributed by atoms with E-state index in [0.717, 1.165) is 17.0 Å². The minimum absolute atomic E-state index is 0.0458. The molecule has 41 heavy (non-hydrogen) atoms. The number of benzene rings is 2. The van der Waals surface area contributed by atoms with E-state index in [1.165, 1.54) is 24.4 Å². The number of pyridine rings is 2. The first kappa shape index (κ1) is 27.3. The molecule has 2 aliphatic heterocycles. The average molecular weight is 612 g/mol. The van der Waals surface area contributed by atoms with Gasteiger partial charge in [0.05, 0.1) is 57.8 Å². The van der Waals surface area contributed by atoms with Gasteiger partial charge in [-0.3, -0.25) is 9.99 Å². The molecule has 4 aromatic rings. The SMILES string of the molecule is Cc1nc(Cl)ccc1[C@H](Nc1cc(Cl)c2ncc(C#N)c(Nc3ccc(F)c(Cl)c3)c2c1)C1=CN(C2COC2)NN1. The number of aromatic nitrogens is 2. The first-order valence-electron chi connectivity index (χ1n) is 12.5. The Hall–Kier alpha value is -3.85. The molecule has 1 fully saturated rings. The van der Waals surface area contributed by atoms with Crippen LogP contribution in [0.25, 0.3) is 10.9 Å². The molecule has 9 nitrogen and oxygen atoms in total. The third-order valence-electron chi connectivity index (χ3n) is 6.88. The van der Waals surface area contributed by atoms with Crippen LogP contribution in [0.3, 0.4) is 0 Å². The van der Waals surface area contributed by atoms with E-state index in [4.69, 9.17) is 39.5 Å². The van der Waals surface area contributed by atoms with Gasteiger partial charge in [0.1, 0.15) is 17.0 Å². The number of nitrogens with one attached hydrogen (secondary N) is 4. The predicted octanol–water partition coefficient (Wildman–Crippen LogP) is 6.37. The fourth-order valence-electron chi connectivity index (χ4n) is 4.69. The van der Waals surface area contributed by atoms with Crippen LogP contribution in [-0.4, -0.2) is 34.2 Å². The highest BCUT2D eigenvalue weighted by molar-refractivity contribution is 6.36. The zero-order valence-corrected chi connectivity index (χ0v) is 23.7. The molecular formula is C28H22Cl3FN8O.